The molecular weight excluding hydrogens is 154 g/mol. The van der Waals surface area contributed by atoms with Crippen LogP contribution in [0.1, 0.15) is 26.2 Å². The summed E-state index contributed by atoms with van der Waals surface area (Å²) in [6.45, 7) is 3.20. The molecule has 1 aliphatic carbocycles. The van der Waals surface area contributed by atoms with Crippen molar-refractivity contribution in [2.75, 3.05) is 13.2 Å². The Bertz CT molecular complexity index is 195. The second kappa shape index (κ2) is 2.73. The Hall–Kier alpha value is -0.570. The average Bonchev–Trinajstić information content (AvgIpc) is 2.64. The van der Waals surface area contributed by atoms with Crippen LogP contribution in [0.25, 0.3) is 0 Å². The summed E-state index contributed by atoms with van der Waals surface area (Å²) in [7, 11) is 0. The van der Waals surface area contributed by atoms with Gasteiger partial charge in [0.2, 0.25) is 0 Å². The van der Waals surface area contributed by atoms with Gasteiger partial charge in [0.15, 0.2) is 0 Å². The first-order valence-corrected chi connectivity index (χ1v) is 4.67. The summed E-state index contributed by atoms with van der Waals surface area (Å²) in [4.78, 5) is 11.6. The highest BCUT2D eigenvalue weighted by Crippen LogP contribution is 2.43. The van der Waals surface area contributed by atoms with Gasteiger partial charge in [0.05, 0.1) is 12.0 Å². The molecule has 2 atom stereocenters. The van der Waals surface area contributed by atoms with Crippen molar-refractivity contribution in [1.82, 2.24) is 5.32 Å². The minimum atomic E-state index is -0.152. The average molecular weight is 169 g/mol. The molecule has 3 nitrogen and oxygen atoms in total. The van der Waals surface area contributed by atoms with E-state index >= 15 is 0 Å². The first kappa shape index (κ1) is 8.05. The van der Waals surface area contributed by atoms with Gasteiger partial charge in [-0.1, -0.05) is 0 Å². The first-order chi connectivity index (χ1) is 5.77. The molecule has 1 heterocycles. The van der Waals surface area contributed by atoms with E-state index in [0.717, 1.165) is 25.8 Å². The molecule has 0 unspecified atom stereocenters. The molecule has 2 bridgehead atoms. The quantitative estimate of drug-likeness (QED) is 0.618. The number of carbonyl (C=O) groups is 1. The first-order valence-electron chi connectivity index (χ1n) is 4.67. The minimum Gasteiger partial charge on any atom is -0.466 e. The summed E-state index contributed by atoms with van der Waals surface area (Å²) in [5.41, 5.74) is -0.152. The Labute approximate surface area is 72.5 Å². The topological polar surface area (TPSA) is 38.3 Å². The van der Waals surface area contributed by atoms with Crippen LogP contribution in [0.4, 0.5) is 0 Å². The van der Waals surface area contributed by atoms with Crippen molar-refractivity contribution in [3.63, 3.8) is 0 Å². The van der Waals surface area contributed by atoms with Crippen LogP contribution in [0.5, 0.6) is 0 Å². The number of piperidine rings is 1. The monoisotopic (exact) mass is 169 g/mol. The highest BCUT2D eigenvalue weighted by molar-refractivity contribution is 5.78. The third-order valence-corrected chi connectivity index (χ3v) is 3.05. The molecule has 2 aliphatic rings. The molecule has 3 heteroatoms. The predicted octanol–water partition coefficient (Wildman–Crippen LogP) is 0.692. The van der Waals surface area contributed by atoms with E-state index in [1.54, 1.807) is 0 Å². The van der Waals surface area contributed by atoms with Crippen LogP contribution in [0.15, 0.2) is 0 Å². The fourth-order valence-corrected chi connectivity index (χ4v) is 2.34. The molecule has 68 valence electrons. The molecule has 0 aromatic carbocycles. The van der Waals surface area contributed by atoms with Gasteiger partial charge in [-0.05, 0) is 26.2 Å². The number of rotatable bonds is 2. The van der Waals surface area contributed by atoms with Gasteiger partial charge in [-0.15, -0.1) is 0 Å². The number of hydrogen-bond acceptors (Lipinski definition) is 3. The van der Waals surface area contributed by atoms with E-state index in [4.69, 9.17) is 4.74 Å². The van der Waals surface area contributed by atoms with Crippen LogP contribution in [0.3, 0.4) is 0 Å². The van der Waals surface area contributed by atoms with Gasteiger partial charge in [0.25, 0.3) is 0 Å². The number of nitrogens with one attached hydrogen (secondary N) is 1. The third kappa shape index (κ3) is 1.04. The highest BCUT2D eigenvalue weighted by Gasteiger charge is 2.51. The SMILES string of the molecule is CCOC(=O)[C@@]12CC[C@@H](C1)NC2. The molecule has 1 N–H and O–H groups in total. The van der Waals surface area contributed by atoms with Gasteiger partial charge in [0, 0.05) is 12.6 Å². The molecule has 1 saturated heterocycles. The Kier molecular flexibility index (Phi) is 1.83. The molecule has 0 aromatic heterocycles. The molecule has 2 rings (SSSR count). The van der Waals surface area contributed by atoms with Gasteiger partial charge in [-0.25, -0.2) is 0 Å². The number of carbonyl (C=O) groups excluding carboxylic acids is 1. The van der Waals surface area contributed by atoms with E-state index in [9.17, 15) is 4.79 Å². The Balaban J connectivity index is 2.06. The van der Waals surface area contributed by atoms with Crippen molar-refractivity contribution in [3.8, 4) is 0 Å². The van der Waals surface area contributed by atoms with E-state index in [0.29, 0.717) is 12.6 Å². The van der Waals surface area contributed by atoms with Crippen molar-refractivity contribution in [1.29, 1.82) is 0 Å². The lowest BCUT2D eigenvalue weighted by Crippen LogP contribution is -2.36. The second-order valence-corrected chi connectivity index (χ2v) is 3.82. The molecule has 12 heavy (non-hydrogen) atoms. The lowest BCUT2D eigenvalue weighted by molar-refractivity contribution is -0.154. The zero-order valence-corrected chi connectivity index (χ0v) is 7.43. The summed E-state index contributed by atoms with van der Waals surface area (Å²) in [6.07, 6.45) is 3.15. The zero-order chi connectivity index (χ0) is 8.60. The predicted molar refractivity (Wildman–Crippen MR) is 44.7 cm³/mol. The molecule has 2 fully saturated rings. The van der Waals surface area contributed by atoms with Gasteiger partial charge in [-0.2, -0.15) is 0 Å². The van der Waals surface area contributed by atoms with E-state index in [1.807, 2.05) is 6.92 Å². The number of ether oxygens (including phenoxy) is 1. The van der Waals surface area contributed by atoms with E-state index in [1.165, 1.54) is 0 Å². The summed E-state index contributed by atoms with van der Waals surface area (Å²) in [5.74, 6) is 0.0116. The van der Waals surface area contributed by atoms with Gasteiger partial charge >= 0.3 is 5.97 Å². The number of esters is 1. The molecule has 0 aromatic rings. The van der Waals surface area contributed by atoms with Crippen molar-refractivity contribution in [2.24, 2.45) is 5.41 Å². The van der Waals surface area contributed by atoms with Crippen LogP contribution < -0.4 is 5.32 Å². The summed E-state index contributed by atoms with van der Waals surface area (Å²) < 4.78 is 5.07. The van der Waals surface area contributed by atoms with Crippen molar-refractivity contribution in [3.05, 3.63) is 0 Å². The molecule has 0 spiro atoms. The van der Waals surface area contributed by atoms with Gasteiger partial charge in [0.1, 0.15) is 0 Å². The van der Waals surface area contributed by atoms with Gasteiger partial charge in [-0.3, -0.25) is 4.79 Å². The van der Waals surface area contributed by atoms with Crippen LogP contribution in [-0.2, 0) is 9.53 Å². The second-order valence-electron chi connectivity index (χ2n) is 3.82. The summed E-state index contributed by atoms with van der Waals surface area (Å²) in [6, 6.07) is 0.578. The van der Waals surface area contributed by atoms with Crippen LogP contribution in [-0.4, -0.2) is 25.2 Å². The lowest BCUT2D eigenvalue weighted by atomic mass is 9.88. The van der Waals surface area contributed by atoms with Crippen LogP contribution >= 0.6 is 0 Å². The van der Waals surface area contributed by atoms with Gasteiger partial charge < -0.3 is 10.1 Å². The fraction of sp³-hybridized carbons (Fsp3) is 0.889. The third-order valence-electron chi connectivity index (χ3n) is 3.05. The molecule has 0 amide bonds. The maximum Gasteiger partial charge on any atom is 0.313 e. The Morgan fingerprint density at radius 1 is 1.75 bits per heavy atom. The normalized spacial score (nSPS) is 38.6. The van der Waals surface area contributed by atoms with E-state index in [-0.39, 0.29) is 11.4 Å². The lowest BCUT2D eigenvalue weighted by Gasteiger charge is -2.23. The van der Waals surface area contributed by atoms with E-state index < -0.39 is 0 Å². The number of hydrogen-bond donors (Lipinski definition) is 1. The largest absolute Gasteiger partial charge is 0.466 e. The van der Waals surface area contributed by atoms with Crippen LogP contribution in [0, 0.1) is 5.41 Å². The smallest absolute Gasteiger partial charge is 0.313 e. The molecular formula is C9H15NO2. The summed E-state index contributed by atoms with van der Waals surface area (Å²) >= 11 is 0. The van der Waals surface area contributed by atoms with Crippen molar-refractivity contribution < 1.29 is 9.53 Å². The Morgan fingerprint density at radius 2 is 2.58 bits per heavy atom. The molecule has 1 aliphatic heterocycles. The standard InChI is InChI=1S/C9H15NO2/c1-2-12-8(11)9-4-3-7(5-9)10-6-9/h7,10H,2-6H2,1H3/t7-,9-/m0/s1. The zero-order valence-electron chi connectivity index (χ0n) is 7.43. The highest BCUT2D eigenvalue weighted by atomic mass is 16.5. The Morgan fingerprint density at radius 3 is 3.00 bits per heavy atom. The number of fused-ring (bicyclic) bond motifs is 2. The maximum absolute atomic E-state index is 11.6. The maximum atomic E-state index is 11.6. The van der Waals surface area contributed by atoms with E-state index in [2.05, 4.69) is 5.32 Å². The minimum absolute atomic E-state index is 0.0116. The van der Waals surface area contributed by atoms with Crippen LogP contribution in [0.2, 0.25) is 0 Å². The fourth-order valence-electron chi connectivity index (χ4n) is 2.34. The van der Waals surface area contributed by atoms with Crippen molar-refractivity contribution >= 4 is 5.97 Å². The molecule has 1 saturated carbocycles. The van der Waals surface area contributed by atoms with Crippen molar-refractivity contribution in [2.45, 2.75) is 32.2 Å². The summed E-state index contributed by atoms with van der Waals surface area (Å²) in [5, 5.41) is 3.34. The molecule has 0 radical (unpaired) electrons.